The number of carbonyl (C=O) groups is 1. The molecule has 3 N–H and O–H groups in total. The summed E-state index contributed by atoms with van der Waals surface area (Å²) < 4.78 is 5.54. The van der Waals surface area contributed by atoms with Crippen molar-refractivity contribution in [2.75, 3.05) is 33.3 Å². The van der Waals surface area contributed by atoms with Gasteiger partial charge in [-0.15, -0.1) is 0 Å². The predicted octanol–water partition coefficient (Wildman–Crippen LogP) is 1.96. The quantitative estimate of drug-likeness (QED) is 0.464. The fourth-order valence-corrected chi connectivity index (χ4v) is 2.47. The molecule has 1 unspecified atom stereocenters. The summed E-state index contributed by atoms with van der Waals surface area (Å²) in [5.74, 6) is 0.536. The van der Waals surface area contributed by atoms with E-state index in [9.17, 15) is 4.79 Å². The van der Waals surface area contributed by atoms with Gasteiger partial charge in [0.2, 0.25) is 5.91 Å². The summed E-state index contributed by atoms with van der Waals surface area (Å²) in [6.45, 7) is 10.5. The molecule has 0 aromatic heterocycles. The highest BCUT2D eigenvalue weighted by Gasteiger charge is 2.24. The average molecular weight is 363 g/mol. The number of hydrogen-bond acceptors (Lipinski definition) is 3. The standard InChI is InChI=1S/C20H34N4O2/c1-6-21-19(23-14-17(26-5)20(2,3)4)24-15-18(25)22-13-12-16-10-8-7-9-11-16/h7-11,17H,6,12-15H2,1-5H3,(H,22,25)(H2,21,23,24). The Morgan fingerprint density at radius 1 is 1.15 bits per heavy atom. The molecule has 146 valence electrons. The number of aliphatic imine (C=N–C) groups is 1. The maximum absolute atomic E-state index is 12.0. The van der Waals surface area contributed by atoms with Crippen LogP contribution in [0.3, 0.4) is 0 Å². The fourth-order valence-electron chi connectivity index (χ4n) is 2.47. The van der Waals surface area contributed by atoms with E-state index in [2.05, 4.69) is 53.8 Å². The Bertz CT molecular complexity index is 553. The molecule has 26 heavy (non-hydrogen) atoms. The molecule has 0 radical (unpaired) electrons. The van der Waals surface area contributed by atoms with Crippen LogP contribution in [0, 0.1) is 5.41 Å². The van der Waals surface area contributed by atoms with Gasteiger partial charge < -0.3 is 20.7 Å². The van der Waals surface area contributed by atoms with Gasteiger partial charge in [-0.2, -0.15) is 0 Å². The van der Waals surface area contributed by atoms with E-state index in [-0.39, 0.29) is 24.0 Å². The Hall–Kier alpha value is -2.08. The van der Waals surface area contributed by atoms with Crippen LogP contribution in [0.25, 0.3) is 0 Å². The molecule has 1 atom stereocenters. The molecule has 0 aliphatic carbocycles. The van der Waals surface area contributed by atoms with E-state index in [1.807, 2.05) is 25.1 Å². The van der Waals surface area contributed by atoms with Gasteiger partial charge in [0, 0.05) is 26.7 Å². The van der Waals surface area contributed by atoms with Gasteiger partial charge in [-0.1, -0.05) is 51.1 Å². The van der Waals surface area contributed by atoms with Crippen molar-refractivity contribution in [2.45, 2.75) is 40.2 Å². The Balaban J connectivity index is 2.42. The van der Waals surface area contributed by atoms with Crippen LogP contribution in [0.2, 0.25) is 0 Å². The van der Waals surface area contributed by atoms with Crippen LogP contribution < -0.4 is 16.0 Å². The first-order valence-electron chi connectivity index (χ1n) is 9.22. The molecule has 0 saturated carbocycles. The van der Waals surface area contributed by atoms with E-state index in [1.165, 1.54) is 5.56 Å². The zero-order valence-electron chi connectivity index (χ0n) is 16.8. The molecule has 1 aromatic carbocycles. The van der Waals surface area contributed by atoms with Crippen LogP contribution in [0.4, 0.5) is 0 Å². The molecule has 0 saturated heterocycles. The summed E-state index contributed by atoms with van der Waals surface area (Å²) in [6, 6.07) is 10.1. The number of hydrogen-bond donors (Lipinski definition) is 3. The number of guanidine groups is 1. The zero-order valence-corrected chi connectivity index (χ0v) is 16.8. The lowest BCUT2D eigenvalue weighted by atomic mass is 9.89. The maximum Gasteiger partial charge on any atom is 0.241 e. The largest absolute Gasteiger partial charge is 0.379 e. The van der Waals surface area contributed by atoms with Gasteiger partial charge in [0.05, 0.1) is 6.10 Å². The average Bonchev–Trinajstić information content (AvgIpc) is 2.60. The smallest absolute Gasteiger partial charge is 0.241 e. The lowest BCUT2D eigenvalue weighted by Crippen LogP contribution is -2.45. The van der Waals surface area contributed by atoms with Crippen molar-refractivity contribution < 1.29 is 9.53 Å². The van der Waals surface area contributed by atoms with Crippen molar-refractivity contribution in [3.63, 3.8) is 0 Å². The second-order valence-corrected chi connectivity index (χ2v) is 7.25. The summed E-state index contributed by atoms with van der Waals surface area (Å²) >= 11 is 0. The normalized spacial score (nSPS) is 13.2. The number of nitrogens with zero attached hydrogens (tertiary/aromatic N) is 1. The van der Waals surface area contributed by atoms with Gasteiger partial charge in [0.1, 0.15) is 6.54 Å². The Morgan fingerprint density at radius 2 is 1.85 bits per heavy atom. The number of benzene rings is 1. The van der Waals surface area contributed by atoms with Crippen molar-refractivity contribution in [1.29, 1.82) is 0 Å². The lowest BCUT2D eigenvalue weighted by Gasteiger charge is -2.30. The summed E-state index contributed by atoms with van der Waals surface area (Å²) in [6.07, 6.45) is 0.862. The third-order valence-electron chi connectivity index (χ3n) is 4.01. The first-order valence-corrected chi connectivity index (χ1v) is 9.22. The zero-order chi connectivity index (χ0) is 19.4. The number of carbonyl (C=O) groups excluding carboxylic acids is 1. The molecule has 0 spiro atoms. The molecule has 0 fully saturated rings. The van der Waals surface area contributed by atoms with E-state index in [1.54, 1.807) is 7.11 Å². The van der Waals surface area contributed by atoms with Gasteiger partial charge in [0.25, 0.3) is 0 Å². The summed E-state index contributed by atoms with van der Waals surface area (Å²) in [5.41, 5.74) is 1.23. The molecule has 0 bridgehead atoms. The van der Waals surface area contributed by atoms with Crippen molar-refractivity contribution >= 4 is 11.9 Å². The predicted molar refractivity (Wildman–Crippen MR) is 107 cm³/mol. The van der Waals surface area contributed by atoms with E-state index < -0.39 is 0 Å². The van der Waals surface area contributed by atoms with E-state index in [0.29, 0.717) is 19.0 Å². The molecule has 1 rings (SSSR count). The van der Waals surface area contributed by atoms with Gasteiger partial charge in [0.15, 0.2) is 5.96 Å². The topological polar surface area (TPSA) is 74.8 Å². The van der Waals surface area contributed by atoms with Crippen LogP contribution in [-0.2, 0) is 16.0 Å². The molecule has 0 aliphatic heterocycles. The third kappa shape index (κ3) is 8.85. The highest BCUT2D eigenvalue weighted by molar-refractivity contribution is 5.84. The minimum Gasteiger partial charge on any atom is -0.379 e. The number of amides is 1. The first-order chi connectivity index (χ1) is 12.4. The molecule has 1 aromatic rings. The lowest BCUT2D eigenvalue weighted by molar-refractivity contribution is -0.119. The monoisotopic (exact) mass is 362 g/mol. The number of ether oxygens (including phenoxy) is 1. The SMILES string of the molecule is CCNC(=NCC(=O)NCCc1ccccc1)NCC(OC)C(C)(C)C. The Morgan fingerprint density at radius 3 is 2.42 bits per heavy atom. The first kappa shape index (κ1) is 22.0. The number of nitrogens with one attached hydrogen (secondary N) is 3. The van der Waals surface area contributed by atoms with Crippen LogP contribution in [0.5, 0.6) is 0 Å². The van der Waals surface area contributed by atoms with Gasteiger partial charge in [-0.05, 0) is 24.3 Å². The highest BCUT2D eigenvalue weighted by Crippen LogP contribution is 2.20. The highest BCUT2D eigenvalue weighted by atomic mass is 16.5. The second-order valence-electron chi connectivity index (χ2n) is 7.25. The Kier molecular flexibility index (Phi) is 9.73. The molecule has 0 heterocycles. The van der Waals surface area contributed by atoms with Gasteiger partial charge >= 0.3 is 0 Å². The van der Waals surface area contributed by atoms with Crippen molar-refractivity contribution in [3.8, 4) is 0 Å². The molecule has 6 heteroatoms. The summed E-state index contributed by atoms with van der Waals surface area (Å²) in [4.78, 5) is 16.4. The second kappa shape index (κ2) is 11.5. The molecular formula is C20H34N4O2. The molecule has 6 nitrogen and oxygen atoms in total. The van der Waals surface area contributed by atoms with Crippen LogP contribution in [-0.4, -0.2) is 51.3 Å². The molecular weight excluding hydrogens is 328 g/mol. The van der Waals surface area contributed by atoms with Crippen molar-refractivity contribution in [3.05, 3.63) is 35.9 Å². The van der Waals surface area contributed by atoms with Crippen LogP contribution >= 0.6 is 0 Å². The third-order valence-corrected chi connectivity index (χ3v) is 4.01. The summed E-state index contributed by atoms with van der Waals surface area (Å²) in [5, 5.41) is 9.31. The minimum absolute atomic E-state index is 0.0217. The molecule has 1 amide bonds. The van der Waals surface area contributed by atoms with Gasteiger partial charge in [-0.25, -0.2) is 4.99 Å². The maximum atomic E-state index is 12.0. The van der Waals surface area contributed by atoms with E-state index in [4.69, 9.17) is 4.74 Å². The Labute approximate surface area is 157 Å². The van der Waals surface area contributed by atoms with E-state index in [0.717, 1.165) is 13.0 Å². The number of rotatable bonds is 9. The summed E-state index contributed by atoms with van der Waals surface area (Å²) in [7, 11) is 1.71. The van der Waals surface area contributed by atoms with Crippen molar-refractivity contribution in [2.24, 2.45) is 10.4 Å². The van der Waals surface area contributed by atoms with E-state index >= 15 is 0 Å². The fraction of sp³-hybridized carbons (Fsp3) is 0.600. The molecule has 0 aliphatic rings. The number of methoxy groups -OCH3 is 1. The van der Waals surface area contributed by atoms with Gasteiger partial charge in [-0.3, -0.25) is 4.79 Å². The van der Waals surface area contributed by atoms with Crippen molar-refractivity contribution in [1.82, 2.24) is 16.0 Å². The van der Waals surface area contributed by atoms with Crippen LogP contribution in [0.1, 0.15) is 33.3 Å². The minimum atomic E-state index is -0.0859. The van der Waals surface area contributed by atoms with Crippen LogP contribution in [0.15, 0.2) is 35.3 Å².